The Bertz CT molecular complexity index is 2550. The van der Waals surface area contributed by atoms with E-state index in [1.54, 1.807) is 0 Å². The second-order valence-corrected chi connectivity index (χ2v) is 14.5. The van der Waals surface area contributed by atoms with Gasteiger partial charge in [-0.3, -0.25) is 0 Å². The number of benzene rings is 7. The van der Waals surface area contributed by atoms with Gasteiger partial charge in [0.1, 0.15) is 0 Å². The average molecular weight is 635 g/mol. The van der Waals surface area contributed by atoms with Crippen molar-refractivity contribution in [3.05, 3.63) is 200 Å². The molecule has 4 aliphatic rings. The van der Waals surface area contributed by atoms with Crippen molar-refractivity contribution in [2.24, 2.45) is 0 Å². The summed E-state index contributed by atoms with van der Waals surface area (Å²) in [5.41, 5.74) is 22.1. The average Bonchev–Trinajstić information content (AvgIpc) is 3.97. The highest BCUT2D eigenvalue weighted by Gasteiger charge is 2.26. The standard InChI is InChI=1S/C50H34/c1-2-10-32-22-41(21-31(32)9-1)39-17-19-45-47(29-39)49(43-25-35-13-5-6-14-36(35)26-43)46-20-18-40(42-23-33-11-3-4-12-34(33)24-42)30-48(46)50(45)44-27-37-15-7-8-16-38(37)28-44/h1-21,23,25,27,29-30H,22,24,26,28H2. The van der Waals surface area contributed by atoms with Crippen LogP contribution in [0.15, 0.2) is 133 Å². The Balaban J connectivity index is 1.18. The van der Waals surface area contributed by atoms with Crippen LogP contribution < -0.4 is 0 Å². The summed E-state index contributed by atoms with van der Waals surface area (Å²) >= 11 is 0. The van der Waals surface area contributed by atoms with Gasteiger partial charge in [0.05, 0.1) is 0 Å². The highest BCUT2D eigenvalue weighted by molar-refractivity contribution is 6.20. The van der Waals surface area contributed by atoms with Crippen molar-refractivity contribution in [3.63, 3.8) is 0 Å². The lowest BCUT2D eigenvalue weighted by molar-refractivity contribution is 1.31. The maximum Gasteiger partial charge on any atom is -0.00132 e. The van der Waals surface area contributed by atoms with Crippen molar-refractivity contribution in [3.8, 4) is 0 Å². The Morgan fingerprint density at radius 1 is 0.280 bits per heavy atom. The van der Waals surface area contributed by atoms with Gasteiger partial charge in [0.15, 0.2) is 0 Å². The molecule has 0 aliphatic heterocycles. The van der Waals surface area contributed by atoms with Crippen LogP contribution in [0, 0.1) is 0 Å². The van der Waals surface area contributed by atoms with Gasteiger partial charge in [0.25, 0.3) is 0 Å². The number of hydrogen-bond donors (Lipinski definition) is 0. The molecule has 11 rings (SSSR count). The summed E-state index contributed by atoms with van der Waals surface area (Å²) in [6.07, 6.45) is 13.6. The first kappa shape index (κ1) is 27.9. The van der Waals surface area contributed by atoms with Gasteiger partial charge in [-0.1, -0.05) is 146 Å². The monoisotopic (exact) mass is 634 g/mol. The van der Waals surface area contributed by atoms with Crippen molar-refractivity contribution in [2.75, 3.05) is 0 Å². The van der Waals surface area contributed by atoms with Crippen molar-refractivity contribution < 1.29 is 0 Å². The first-order valence-corrected chi connectivity index (χ1v) is 17.9. The minimum atomic E-state index is 0.953. The molecule has 7 aromatic carbocycles. The summed E-state index contributed by atoms with van der Waals surface area (Å²) in [6.45, 7) is 0. The molecule has 0 amide bonds. The molecule has 0 N–H and O–H groups in total. The third kappa shape index (κ3) is 4.31. The molecule has 0 saturated heterocycles. The summed E-state index contributed by atoms with van der Waals surface area (Å²) in [4.78, 5) is 0. The van der Waals surface area contributed by atoms with Crippen molar-refractivity contribution in [1.29, 1.82) is 0 Å². The zero-order chi connectivity index (χ0) is 32.8. The zero-order valence-electron chi connectivity index (χ0n) is 27.8. The Labute approximate surface area is 293 Å². The third-order valence-electron chi connectivity index (χ3n) is 11.6. The van der Waals surface area contributed by atoms with Gasteiger partial charge in [-0.2, -0.15) is 0 Å². The van der Waals surface area contributed by atoms with E-state index in [0.717, 1.165) is 25.7 Å². The molecular formula is C50H34. The molecule has 0 spiro atoms. The lowest BCUT2D eigenvalue weighted by Gasteiger charge is -2.21. The molecule has 234 valence electrons. The van der Waals surface area contributed by atoms with Crippen LogP contribution in [0.1, 0.15) is 66.8 Å². The van der Waals surface area contributed by atoms with Crippen LogP contribution >= 0.6 is 0 Å². The fourth-order valence-electron chi connectivity index (χ4n) is 9.13. The Hall–Kier alpha value is -5.98. The number of hydrogen-bond acceptors (Lipinski definition) is 0. The maximum atomic E-state index is 2.52. The summed E-state index contributed by atoms with van der Waals surface area (Å²) < 4.78 is 0. The molecule has 0 atom stereocenters. The fraction of sp³-hybridized carbons (Fsp3) is 0.0800. The first-order chi connectivity index (χ1) is 24.7. The van der Waals surface area contributed by atoms with E-state index >= 15 is 0 Å². The second-order valence-electron chi connectivity index (χ2n) is 14.5. The molecular weight excluding hydrogens is 601 g/mol. The van der Waals surface area contributed by atoms with E-state index in [4.69, 9.17) is 0 Å². The molecule has 0 aromatic heterocycles. The summed E-state index contributed by atoms with van der Waals surface area (Å²) in [7, 11) is 0. The van der Waals surface area contributed by atoms with Gasteiger partial charge in [-0.25, -0.2) is 0 Å². The predicted molar refractivity (Wildman–Crippen MR) is 214 cm³/mol. The highest BCUT2D eigenvalue weighted by Crippen LogP contribution is 2.47. The van der Waals surface area contributed by atoms with Crippen LogP contribution in [0.3, 0.4) is 0 Å². The van der Waals surface area contributed by atoms with Crippen LogP contribution in [-0.4, -0.2) is 0 Å². The van der Waals surface area contributed by atoms with Gasteiger partial charge in [0, 0.05) is 0 Å². The minimum absolute atomic E-state index is 0.953. The second kappa shape index (κ2) is 10.8. The van der Waals surface area contributed by atoms with Gasteiger partial charge < -0.3 is 0 Å². The van der Waals surface area contributed by atoms with Crippen molar-refractivity contribution in [1.82, 2.24) is 0 Å². The maximum absolute atomic E-state index is 2.52. The predicted octanol–water partition coefficient (Wildman–Crippen LogP) is 12.4. The van der Waals surface area contributed by atoms with E-state index in [1.807, 2.05) is 0 Å². The quantitative estimate of drug-likeness (QED) is 0.169. The van der Waals surface area contributed by atoms with Gasteiger partial charge >= 0.3 is 0 Å². The smallest absolute Gasteiger partial charge is 0.00132 e. The van der Waals surface area contributed by atoms with E-state index in [1.165, 1.54) is 111 Å². The summed E-state index contributed by atoms with van der Waals surface area (Å²) in [6, 6.07) is 50.2. The number of rotatable bonds is 4. The normalized spacial score (nSPS) is 15.4. The van der Waals surface area contributed by atoms with Crippen molar-refractivity contribution in [2.45, 2.75) is 25.7 Å². The Kier molecular flexibility index (Phi) is 6.01. The molecule has 0 heteroatoms. The van der Waals surface area contributed by atoms with E-state index in [2.05, 4.69) is 158 Å². The Morgan fingerprint density at radius 2 is 0.600 bits per heavy atom. The van der Waals surface area contributed by atoms with Gasteiger partial charge in [-0.05, 0) is 148 Å². The highest BCUT2D eigenvalue weighted by atomic mass is 14.3. The summed E-state index contributed by atoms with van der Waals surface area (Å²) in [5.74, 6) is 0. The zero-order valence-corrected chi connectivity index (χ0v) is 27.8. The number of fused-ring (bicyclic) bond motifs is 6. The minimum Gasteiger partial charge on any atom is -0.0619 e. The molecule has 0 radical (unpaired) electrons. The van der Waals surface area contributed by atoms with E-state index in [9.17, 15) is 0 Å². The molecule has 0 nitrogen and oxygen atoms in total. The fourth-order valence-corrected chi connectivity index (χ4v) is 9.13. The molecule has 0 fully saturated rings. The SMILES string of the molecule is C1=C(c2ccc3c(C4=Cc5ccccc5C4)c4cc(C5=Cc6ccccc6C5)ccc4c(C4=Cc5ccccc5C4)c3c2)Cc2ccccc21. The molecule has 0 saturated carbocycles. The first-order valence-electron chi connectivity index (χ1n) is 17.9. The molecule has 0 unspecified atom stereocenters. The lowest BCUT2D eigenvalue weighted by Crippen LogP contribution is -1.99. The molecule has 7 aromatic rings. The molecule has 50 heavy (non-hydrogen) atoms. The van der Waals surface area contributed by atoms with Crippen LogP contribution in [0.2, 0.25) is 0 Å². The largest absolute Gasteiger partial charge is 0.0619 e. The molecule has 0 bridgehead atoms. The lowest BCUT2D eigenvalue weighted by atomic mass is 9.82. The molecule has 0 heterocycles. The topological polar surface area (TPSA) is 0 Å². The van der Waals surface area contributed by atoms with Crippen LogP contribution in [0.4, 0.5) is 0 Å². The van der Waals surface area contributed by atoms with Gasteiger partial charge in [0.2, 0.25) is 0 Å². The van der Waals surface area contributed by atoms with Crippen LogP contribution in [0.25, 0.3) is 68.1 Å². The Morgan fingerprint density at radius 3 is 0.960 bits per heavy atom. The van der Waals surface area contributed by atoms with E-state index in [-0.39, 0.29) is 0 Å². The van der Waals surface area contributed by atoms with Crippen molar-refractivity contribution >= 4 is 68.1 Å². The summed E-state index contributed by atoms with van der Waals surface area (Å²) in [5, 5.41) is 5.42. The molecule has 4 aliphatic carbocycles. The van der Waals surface area contributed by atoms with E-state index < -0.39 is 0 Å². The van der Waals surface area contributed by atoms with Crippen LogP contribution in [0.5, 0.6) is 0 Å². The van der Waals surface area contributed by atoms with E-state index in [0.29, 0.717) is 0 Å². The van der Waals surface area contributed by atoms with Crippen LogP contribution in [-0.2, 0) is 25.7 Å². The third-order valence-corrected chi connectivity index (χ3v) is 11.6. The number of allylic oxidation sites excluding steroid dienone is 4. The van der Waals surface area contributed by atoms with Gasteiger partial charge in [-0.15, -0.1) is 0 Å².